The summed E-state index contributed by atoms with van der Waals surface area (Å²) in [4.78, 5) is 0. The highest BCUT2D eigenvalue weighted by Gasteiger charge is 2.04. The van der Waals surface area contributed by atoms with Gasteiger partial charge in [0.1, 0.15) is 0 Å². The van der Waals surface area contributed by atoms with E-state index in [0.717, 1.165) is 10.0 Å². The first-order valence-electron chi connectivity index (χ1n) is 3.07. The number of benzene rings is 1. The van der Waals surface area contributed by atoms with Crippen LogP contribution in [0.1, 0.15) is 11.7 Å². The van der Waals surface area contributed by atoms with E-state index in [0.29, 0.717) is 5.02 Å². The molecule has 2 nitrogen and oxygen atoms in total. The van der Waals surface area contributed by atoms with E-state index < -0.39 is 6.17 Å². The predicted molar refractivity (Wildman–Crippen MR) is 50.3 cm³/mol. The summed E-state index contributed by atoms with van der Waals surface area (Å²) in [6.45, 7) is 0. The monoisotopic (exact) mass is 234 g/mol. The van der Waals surface area contributed by atoms with Gasteiger partial charge < -0.3 is 11.5 Å². The Kier molecular flexibility index (Phi) is 2.90. The highest BCUT2D eigenvalue weighted by Crippen LogP contribution is 2.23. The Morgan fingerprint density at radius 2 is 2.00 bits per heavy atom. The number of halogens is 2. The summed E-state index contributed by atoms with van der Waals surface area (Å²) < 4.78 is 0.847. The van der Waals surface area contributed by atoms with Gasteiger partial charge in [0.15, 0.2) is 0 Å². The zero-order chi connectivity index (χ0) is 8.43. The molecule has 60 valence electrons. The molecule has 0 aromatic heterocycles. The molecule has 0 spiro atoms. The molecule has 0 unspecified atom stereocenters. The lowest BCUT2D eigenvalue weighted by Gasteiger charge is -2.07. The van der Waals surface area contributed by atoms with Crippen LogP contribution in [0.5, 0.6) is 0 Å². The average Bonchev–Trinajstić information content (AvgIpc) is 1.85. The standard InChI is InChI=1S/C7H8BrClN2/c8-6-3-4(9)1-2-5(6)7(10)11/h1-3,7H,10-11H2. The summed E-state index contributed by atoms with van der Waals surface area (Å²) in [6.07, 6.45) is -0.457. The van der Waals surface area contributed by atoms with Crippen molar-refractivity contribution in [1.82, 2.24) is 0 Å². The van der Waals surface area contributed by atoms with Crippen LogP contribution in [0.4, 0.5) is 0 Å². The van der Waals surface area contributed by atoms with Crippen molar-refractivity contribution >= 4 is 27.5 Å². The van der Waals surface area contributed by atoms with Gasteiger partial charge in [0, 0.05) is 9.50 Å². The van der Waals surface area contributed by atoms with Crippen molar-refractivity contribution in [2.45, 2.75) is 6.17 Å². The first-order valence-corrected chi connectivity index (χ1v) is 4.24. The second kappa shape index (κ2) is 3.54. The maximum Gasteiger partial charge on any atom is 0.0795 e. The van der Waals surface area contributed by atoms with E-state index in [1.807, 2.05) is 0 Å². The summed E-state index contributed by atoms with van der Waals surface area (Å²) in [6, 6.07) is 5.33. The van der Waals surface area contributed by atoms with Crippen LogP contribution >= 0.6 is 27.5 Å². The molecular formula is C7H8BrClN2. The first-order chi connectivity index (χ1) is 5.11. The van der Waals surface area contributed by atoms with Crippen molar-refractivity contribution in [1.29, 1.82) is 0 Å². The number of hydrogen-bond acceptors (Lipinski definition) is 2. The second-order valence-electron chi connectivity index (χ2n) is 2.19. The molecule has 0 saturated heterocycles. The van der Waals surface area contributed by atoms with E-state index in [2.05, 4.69) is 15.9 Å². The SMILES string of the molecule is NC(N)c1ccc(Cl)cc1Br. The molecule has 11 heavy (non-hydrogen) atoms. The molecular weight excluding hydrogens is 227 g/mol. The summed E-state index contributed by atoms with van der Waals surface area (Å²) in [7, 11) is 0. The molecule has 0 heterocycles. The van der Waals surface area contributed by atoms with Gasteiger partial charge in [-0.3, -0.25) is 0 Å². The molecule has 0 radical (unpaired) electrons. The normalized spacial score (nSPS) is 10.6. The molecule has 0 bridgehead atoms. The highest BCUT2D eigenvalue weighted by atomic mass is 79.9. The minimum absolute atomic E-state index is 0.457. The molecule has 0 aliphatic heterocycles. The lowest BCUT2D eigenvalue weighted by atomic mass is 10.2. The molecule has 0 saturated carbocycles. The Labute approximate surface area is 78.6 Å². The van der Waals surface area contributed by atoms with Gasteiger partial charge in [0.2, 0.25) is 0 Å². The molecule has 4 heteroatoms. The van der Waals surface area contributed by atoms with Gasteiger partial charge in [0.05, 0.1) is 6.17 Å². The van der Waals surface area contributed by atoms with Crippen LogP contribution in [0.15, 0.2) is 22.7 Å². The number of hydrogen-bond donors (Lipinski definition) is 2. The van der Waals surface area contributed by atoms with E-state index in [-0.39, 0.29) is 0 Å². The third-order valence-corrected chi connectivity index (χ3v) is 2.24. The Hall–Kier alpha value is -0.0900. The van der Waals surface area contributed by atoms with Gasteiger partial charge in [-0.15, -0.1) is 0 Å². The largest absolute Gasteiger partial charge is 0.312 e. The molecule has 0 fully saturated rings. The average molecular weight is 236 g/mol. The van der Waals surface area contributed by atoms with E-state index >= 15 is 0 Å². The van der Waals surface area contributed by atoms with E-state index in [4.69, 9.17) is 23.1 Å². The minimum atomic E-state index is -0.457. The lowest BCUT2D eigenvalue weighted by Crippen LogP contribution is -2.20. The van der Waals surface area contributed by atoms with E-state index in [1.54, 1.807) is 18.2 Å². The first kappa shape index (κ1) is 9.00. The van der Waals surface area contributed by atoms with Crippen LogP contribution in [0.25, 0.3) is 0 Å². The summed E-state index contributed by atoms with van der Waals surface area (Å²) >= 11 is 9.01. The molecule has 1 aromatic carbocycles. The van der Waals surface area contributed by atoms with Crippen molar-refractivity contribution in [2.24, 2.45) is 11.5 Å². The summed E-state index contributed by atoms with van der Waals surface area (Å²) in [5.74, 6) is 0. The molecule has 0 aliphatic carbocycles. The van der Waals surface area contributed by atoms with Crippen LogP contribution in [0.2, 0.25) is 5.02 Å². The van der Waals surface area contributed by atoms with E-state index in [1.165, 1.54) is 0 Å². The maximum absolute atomic E-state index is 5.71. The molecule has 1 aromatic rings. The van der Waals surface area contributed by atoms with Gasteiger partial charge in [0.25, 0.3) is 0 Å². The quantitative estimate of drug-likeness (QED) is 0.732. The van der Waals surface area contributed by atoms with Gasteiger partial charge in [-0.1, -0.05) is 33.6 Å². The number of nitrogens with two attached hydrogens (primary N) is 2. The molecule has 1 rings (SSSR count). The minimum Gasteiger partial charge on any atom is -0.312 e. The fourth-order valence-electron chi connectivity index (χ4n) is 0.772. The zero-order valence-electron chi connectivity index (χ0n) is 5.72. The third kappa shape index (κ3) is 2.17. The number of rotatable bonds is 1. The molecule has 0 amide bonds. The molecule has 4 N–H and O–H groups in total. The van der Waals surface area contributed by atoms with E-state index in [9.17, 15) is 0 Å². The fourth-order valence-corrected chi connectivity index (χ4v) is 1.72. The Morgan fingerprint density at radius 1 is 1.36 bits per heavy atom. The molecule has 0 aliphatic rings. The van der Waals surface area contributed by atoms with Crippen molar-refractivity contribution in [3.05, 3.63) is 33.3 Å². The summed E-state index contributed by atoms with van der Waals surface area (Å²) in [5.41, 5.74) is 11.8. The van der Waals surface area contributed by atoms with Crippen LogP contribution in [-0.4, -0.2) is 0 Å². The van der Waals surface area contributed by atoms with Gasteiger partial charge in [-0.05, 0) is 17.7 Å². The zero-order valence-corrected chi connectivity index (χ0v) is 8.06. The fraction of sp³-hybridized carbons (Fsp3) is 0.143. The topological polar surface area (TPSA) is 52.0 Å². The Morgan fingerprint density at radius 3 is 2.45 bits per heavy atom. The van der Waals surface area contributed by atoms with Gasteiger partial charge >= 0.3 is 0 Å². The van der Waals surface area contributed by atoms with Crippen LogP contribution in [-0.2, 0) is 0 Å². The van der Waals surface area contributed by atoms with Gasteiger partial charge in [-0.2, -0.15) is 0 Å². The Bertz CT molecular complexity index is 263. The Balaban J connectivity index is 3.09. The molecule has 0 atom stereocenters. The van der Waals surface area contributed by atoms with Crippen molar-refractivity contribution in [2.75, 3.05) is 0 Å². The maximum atomic E-state index is 5.71. The van der Waals surface area contributed by atoms with Crippen molar-refractivity contribution in [3.8, 4) is 0 Å². The van der Waals surface area contributed by atoms with Crippen LogP contribution < -0.4 is 11.5 Å². The van der Waals surface area contributed by atoms with Crippen LogP contribution in [0, 0.1) is 0 Å². The second-order valence-corrected chi connectivity index (χ2v) is 3.48. The van der Waals surface area contributed by atoms with Crippen LogP contribution in [0.3, 0.4) is 0 Å². The van der Waals surface area contributed by atoms with Gasteiger partial charge in [-0.25, -0.2) is 0 Å². The van der Waals surface area contributed by atoms with Crippen molar-refractivity contribution < 1.29 is 0 Å². The third-order valence-electron chi connectivity index (χ3n) is 1.32. The predicted octanol–water partition coefficient (Wildman–Crippen LogP) is 2.02. The smallest absolute Gasteiger partial charge is 0.0795 e. The van der Waals surface area contributed by atoms with Crippen molar-refractivity contribution in [3.63, 3.8) is 0 Å². The highest BCUT2D eigenvalue weighted by molar-refractivity contribution is 9.10. The summed E-state index contributed by atoms with van der Waals surface area (Å²) in [5, 5.41) is 0.668. The lowest BCUT2D eigenvalue weighted by molar-refractivity contribution is 0.769.